The van der Waals surface area contributed by atoms with E-state index in [0.717, 1.165) is 0 Å². The van der Waals surface area contributed by atoms with Crippen molar-refractivity contribution in [3.8, 4) is 0 Å². The van der Waals surface area contributed by atoms with Crippen LogP contribution in [0.1, 0.15) is 6.92 Å². The van der Waals surface area contributed by atoms with Gasteiger partial charge in [0.1, 0.15) is 6.10 Å². The van der Waals surface area contributed by atoms with Crippen LogP contribution in [0.2, 0.25) is 0 Å². The van der Waals surface area contributed by atoms with Crippen molar-refractivity contribution in [1.82, 2.24) is 0 Å². The fraction of sp³-hybridized carbons (Fsp3) is 1.00. The zero-order valence-corrected chi connectivity index (χ0v) is 8.27. The highest BCUT2D eigenvalue weighted by Crippen LogP contribution is 2.01. The summed E-state index contributed by atoms with van der Waals surface area (Å²) in [6.45, 7) is 1.72. The Bertz CT molecular complexity index is 115. The molecule has 80 valence electrons. The van der Waals surface area contributed by atoms with Gasteiger partial charge in [-0.3, -0.25) is 0 Å². The van der Waals surface area contributed by atoms with Gasteiger partial charge in [-0.15, -0.1) is 0 Å². The van der Waals surface area contributed by atoms with E-state index in [0.29, 0.717) is 0 Å². The molecule has 0 amide bonds. The molecule has 0 aromatic carbocycles. The molecule has 13 heavy (non-hydrogen) atoms. The standard InChI is InChI=1S/C8H18O5/c1-6(4-9)13-5-7(10)8(11-2)12-3/h6-10H,4-5H2,1-3H3/t6-,7+/m0/s1. The number of methoxy groups -OCH3 is 2. The van der Waals surface area contributed by atoms with E-state index < -0.39 is 12.4 Å². The summed E-state index contributed by atoms with van der Waals surface area (Å²) >= 11 is 0. The summed E-state index contributed by atoms with van der Waals surface area (Å²) in [4.78, 5) is 0. The summed E-state index contributed by atoms with van der Waals surface area (Å²) in [7, 11) is 2.87. The minimum Gasteiger partial charge on any atom is -0.394 e. The third-order valence-corrected chi connectivity index (χ3v) is 1.59. The van der Waals surface area contributed by atoms with Crippen LogP contribution in [0.25, 0.3) is 0 Å². The van der Waals surface area contributed by atoms with E-state index in [2.05, 4.69) is 0 Å². The number of ether oxygens (including phenoxy) is 3. The molecular weight excluding hydrogens is 176 g/mol. The Kier molecular flexibility index (Phi) is 7.12. The maximum atomic E-state index is 9.40. The monoisotopic (exact) mass is 194 g/mol. The van der Waals surface area contributed by atoms with Crippen molar-refractivity contribution in [2.75, 3.05) is 27.4 Å². The van der Waals surface area contributed by atoms with Gasteiger partial charge in [-0.2, -0.15) is 0 Å². The zero-order chi connectivity index (χ0) is 10.3. The van der Waals surface area contributed by atoms with E-state index in [1.807, 2.05) is 0 Å². The molecule has 0 saturated heterocycles. The maximum absolute atomic E-state index is 9.40. The molecule has 0 radical (unpaired) electrons. The molecule has 0 fully saturated rings. The highest BCUT2D eigenvalue weighted by Gasteiger charge is 2.18. The Morgan fingerprint density at radius 2 is 1.77 bits per heavy atom. The zero-order valence-electron chi connectivity index (χ0n) is 8.27. The highest BCUT2D eigenvalue weighted by atomic mass is 16.7. The van der Waals surface area contributed by atoms with Crippen molar-refractivity contribution >= 4 is 0 Å². The van der Waals surface area contributed by atoms with Crippen LogP contribution in [-0.4, -0.2) is 56.1 Å². The second-order valence-electron chi connectivity index (χ2n) is 2.73. The van der Waals surface area contributed by atoms with Gasteiger partial charge < -0.3 is 24.4 Å². The first-order valence-electron chi connectivity index (χ1n) is 4.11. The topological polar surface area (TPSA) is 68.2 Å². The van der Waals surface area contributed by atoms with Crippen molar-refractivity contribution < 1.29 is 24.4 Å². The predicted molar refractivity (Wildman–Crippen MR) is 46.3 cm³/mol. The highest BCUT2D eigenvalue weighted by molar-refractivity contribution is 4.59. The third kappa shape index (κ3) is 5.17. The van der Waals surface area contributed by atoms with Gasteiger partial charge in [0.25, 0.3) is 0 Å². The van der Waals surface area contributed by atoms with Gasteiger partial charge in [0.05, 0.1) is 19.3 Å². The first-order valence-corrected chi connectivity index (χ1v) is 4.11. The van der Waals surface area contributed by atoms with E-state index in [9.17, 15) is 5.11 Å². The maximum Gasteiger partial charge on any atom is 0.184 e. The third-order valence-electron chi connectivity index (χ3n) is 1.59. The van der Waals surface area contributed by atoms with E-state index >= 15 is 0 Å². The fourth-order valence-electron chi connectivity index (χ4n) is 0.805. The normalized spacial score (nSPS) is 16.2. The smallest absolute Gasteiger partial charge is 0.184 e. The predicted octanol–water partition coefficient (Wildman–Crippen LogP) is -0.636. The molecule has 2 N–H and O–H groups in total. The summed E-state index contributed by atoms with van der Waals surface area (Å²) in [5.74, 6) is 0. The number of hydrogen-bond donors (Lipinski definition) is 2. The molecule has 0 aromatic rings. The summed E-state index contributed by atoms with van der Waals surface area (Å²) in [6, 6.07) is 0. The molecule has 0 aliphatic carbocycles. The molecule has 5 heteroatoms. The number of aliphatic hydroxyl groups excluding tert-OH is 2. The first kappa shape index (κ1) is 12.8. The van der Waals surface area contributed by atoms with Gasteiger partial charge in [0.15, 0.2) is 6.29 Å². The van der Waals surface area contributed by atoms with E-state index in [4.69, 9.17) is 19.3 Å². The largest absolute Gasteiger partial charge is 0.394 e. The lowest BCUT2D eigenvalue weighted by molar-refractivity contribution is -0.183. The lowest BCUT2D eigenvalue weighted by Crippen LogP contribution is -2.35. The second-order valence-corrected chi connectivity index (χ2v) is 2.73. The molecule has 0 saturated carbocycles. The molecule has 0 spiro atoms. The lowest BCUT2D eigenvalue weighted by atomic mass is 10.3. The van der Waals surface area contributed by atoms with Gasteiger partial charge >= 0.3 is 0 Å². The molecule has 0 rings (SSSR count). The quantitative estimate of drug-likeness (QED) is 0.528. The average Bonchev–Trinajstić information content (AvgIpc) is 2.16. The lowest BCUT2D eigenvalue weighted by Gasteiger charge is -2.21. The molecule has 0 aliphatic heterocycles. The van der Waals surface area contributed by atoms with Crippen LogP contribution in [0.5, 0.6) is 0 Å². The molecule has 5 nitrogen and oxygen atoms in total. The van der Waals surface area contributed by atoms with Crippen molar-refractivity contribution in [3.63, 3.8) is 0 Å². The van der Waals surface area contributed by atoms with Crippen LogP contribution in [0, 0.1) is 0 Å². The summed E-state index contributed by atoms with van der Waals surface area (Å²) in [6.07, 6.45) is -1.82. The summed E-state index contributed by atoms with van der Waals surface area (Å²) in [5, 5.41) is 18.0. The molecule has 0 aromatic heterocycles. The first-order chi connectivity index (χ1) is 6.15. The van der Waals surface area contributed by atoms with E-state index in [1.54, 1.807) is 6.92 Å². The van der Waals surface area contributed by atoms with Crippen LogP contribution in [0.4, 0.5) is 0 Å². The van der Waals surface area contributed by atoms with Crippen LogP contribution in [-0.2, 0) is 14.2 Å². The number of rotatable bonds is 7. The minimum absolute atomic E-state index is 0.0721. The van der Waals surface area contributed by atoms with Gasteiger partial charge in [0.2, 0.25) is 0 Å². The fourth-order valence-corrected chi connectivity index (χ4v) is 0.805. The SMILES string of the molecule is COC(OC)[C@H](O)CO[C@@H](C)CO. The summed E-state index contributed by atoms with van der Waals surface area (Å²) < 4.78 is 14.7. The van der Waals surface area contributed by atoms with Crippen LogP contribution in [0.3, 0.4) is 0 Å². The molecule has 0 heterocycles. The van der Waals surface area contributed by atoms with Crippen molar-refractivity contribution in [2.45, 2.75) is 25.4 Å². The number of hydrogen-bond acceptors (Lipinski definition) is 5. The average molecular weight is 194 g/mol. The Labute approximate surface area is 78.2 Å². The second kappa shape index (κ2) is 7.23. The van der Waals surface area contributed by atoms with Gasteiger partial charge in [-0.1, -0.05) is 0 Å². The molecular formula is C8H18O5. The minimum atomic E-state index is -0.844. The van der Waals surface area contributed by atoms with Crippen molar-refractivity contribution in [1.29, 1.82) is 0 Å². The Balaban J connectivity index is 3.65. The molecule has 0 unspecified atom stereocenters. The molecule has 0 bridgehead atoms. The van der Waals surface area contributed by atoms with E-state index in [-0.39, 0.29) is 19.3 Å². The molecule has 2 atom stereocenters. The van der Waals surface area contributed by atoms with Gasteiger partial charge in [-0.25, -0.2) is 0 Å². The van der Waals surface area contributed by atoms with E-state index in [1.165, 1.54) is 14.2 Å². The summed E-state index contributed by atoms with van der Waals surface area (Å²) in [5.41, 5.74) is 0. The number of aliphatic hydroxyl groups is 2. The van der Waals surface area contributed by atoms with Gasteiger partial charge in [0, 0.05) is 14.2 Å². The van der Waals surface area contributed by atoms with Crippen molar-refractivity contribution in [3.05, 3.63) is 0 Å². The Hall–Kier alpha value is -0.200. The Morgan fingerprint density at radius 1 is 1.23 bits per heavy atom. The van der Waals surface area contributed by atoms with Crippen LogP contribution in [0.15, 0.2) is 0 Å². The van der Waals surface area contributed by atoms with Crippen molar-refractivity contribution in [2.24, 2.45) is 0 Å². The van der Waals surface area contributed by atoms with Crippen LogP contribution < -0.4 is 0 Å². The van der Waals surface area contributed by atoms with Crippen LogP contribution >= 0.6 is 0 Å². The van der Waals surface area contributed by atoms with Gasteiger partial charge in [-0.05, 0) is 6.92 Å². The Morgan fingerprint density at radius 3 is 2.15 bits per heavy atom. The molecule has 0 aliphatic rings.